The third-order valence-electron chi connectivity index (χ3n) is 1.10. The van der Waals surface area contributed by atoms with E-state index in [1.165, 1.54) is 4.46 Å². The molecule has 0 aromatic heterocycles. The number of rotatable bonds is 1. The van der Waals surface area contributed by atoms with Crippen LogP contribution in [0.25, 0.3) is 0 Å². The zero-order valence-corrected chi connectivity index (χ0v) is 8.70. The van der Waals surface area contributed by atoms with Crippen molar-refractivity contribution in [3.63, 3.8) is 0 Å². The molecule has 0 atom stereocenters. The summed E-state index contributed by atoms with van der Waals surface area (Å²) in [6, 6.07) is 9.77. The molecule has 50 valence electrons. The Morgan fingerprint density at radius 1 is 1.30 bits per heavy atom. The van der Waals surface area contributed by atoms with E-state index in [1.54, 1.807) is 0 Å². The first-order valence-corrected chi connectivity index (χ1v) is 8.39. The van der Waals surface area contributed by atoms with Crippen LogP contribution in [0.2, 0.25) is 0 Å². The molecule has 10 heavy (non-hydrogen) atoms. The van der Waals surface area contributed by atoms with Gasteiger partial charge in [0.2, 0.25) is 0 Å². The van der Waals surface area contributed by atoms with E-state index in [4.69, 9.17) is 5.26 Å². The zero-order valence-electron chi connectivity index (χ0n) is 5.11. The van der Waals surface area contributed by atoms with Crippen LogP contribution < -0.4 is 4.46 Å². The van der Waals surface area contributed by atoms with E-state index in [0.29, 0.717) is 0 Å². The predicted molar refractivity (Wildman–Crippen MR) is 43.7 cm³/mol. The van der Waals surface area contributed by atoms with Crippen LogP contribution in [0.4, 0.5) is 0 Å². The standard InChI is InChI=1S/C7H5NSe2/c8-5-6-1-3-7(10-9)4-2-6/h1-4,10H. The third-order valence-corrected chi connectivity index (χ3v) is 4.47. The number of hydrogen-bond acceptors (Lipinski definition) is 1. The van der Waals surface area contributed by atoms with E-state index >= 15 is 0 Å². The summed E-state index contributed by atoms with van der Waals surface area (Å²) in [6.07, 6.45) is 0. The van der Waals surface area contributed by atoms with Gasteiger partial charge in [-0.15, -0.1) is 0 Å². The monoisotopic (exact) mass is 263 g/mol. The molecule has 0 aliphatic rings. The van der Waals surface area contributed by atoms with Crippen LogP contribution in [-0.2, 0) is 0 Å². The van der Waals surface area contributed by atoms with Crippen LogP contribution in [0, 0.1) is 11.3 Å². The van der Waals surface area contributed by atoms with Crippen LogP contribution >= 0.6 is 0 Å². The van der Waals surface area contributed by atoms with Gasteiger partial charge >= 0.3 is 71.9 Å². The zero-order chi connectivity index (χ0) is 7.40. The molecule has 0 aliphatic carbocycles. The Hall–Kier alpha value is -0.251. The van der Waals surface area contributed by atoms with Crippen LogP contribution in [0.5, 0.6) is 0 Å². The second-order valence-corrected chi connectivity index (χ2v) is 5.21. The molecule has 1 aromatic carbocycles. The van der Waals surface area contributed by atoms with Gasteiger partial charge in [-0.2, -0.15) is 0 Å². The molecule has 0 saturated heterocycles. The van der Waals surface area contributed by atoms with Gasteiger partial charge in [0.05, 0.1) is 0 Å². The summed E-state index contributed by atoms with van der Waals surface area (Å²) in [6.45, 7) is 0. The van der Waals surface area contributed by atoms with Crippen LogP contribution in [0.1, 0.15) is 5.56 Å². The van der Waals surface area contributed by atoms with Gasteiger partial charge in [0.25, 0.3) is 0 Å². The Labute approximate surface area is 71.9 Å². The van der Waals surface area contributed by atoms with Gasteiger partial charge in [-0.25, -0.2) is 0 Å². The summed E-state index contributed by atoms with van der Waals surface area (Å²) in [5, 5.41) is 8.45. The molecule has 0 heterocycles. The Morgan fingerprint density at radius 2 is 1.90 bits per heavy atom. The van der Waals surface area contributed by atoms with Crippen LogP contribution in [0.15, 0.2) is 24.3 Å². The van der Waals surface area contributed by atoms with Crippen molar-refractivity contribution in [1.29, 1.82) is 5.26 Å². The molecule has 1 aromatic rings. The molecular weight excluding hydrogens is 256 g/mol. The summed E-state index contributed by atoms with van der Waals surface area (Å²) in [5.41, 5.74) is 0.735. The summed E-state index contributed by atoms with van der Waals surface area (Å²) >= 11 is 3.19. The van der Waals surface area contributed by atoms with Gasteiger partial charge in [-0.05, 0) is 0 Å². The summed E-state index contributed by atoms with van der Waals surface area (Å²) in [5.74, 6) is 0. The Bertz CT molecular complexity index is 271. The van der Waals surface area contributed by atoms with Crippen molar-refractivity contribution in [3.05, 3.63) is 29.8 Å². The average molecular weight is 261 g/mol. The Balaban J connectivity index is 3.04. The number of nitriles is 1. The fourth-order valence-electron chi connectivity index (χ4n) is 0.597. The van der Waals surface area contributed by atoms with E-state index in [-0.39, 0.29) is 12.6 Å². The number of benzene rings is 1. The average Bonchev–Trinajstić information content (AvgIpc) is 2.05. The maximum absolute atomic E-state index is 8.45. The fourth-order valence-corrected chi connectivity index (χ4v) is 2.49. The summed E-state index contributed by atoms with van der Waals surface area (Å²) in [4.78, 5) is 0. The molecule has 0 fully saturated rings. The molecule has 0 amide bonds. The topological polar surface area (TPSA) is 23.8 Å². The predicted octanol–water partition coefficient (Wildman–Crippen LogP) is -0.296. The normalized spacial score (nSPS) is 8.70. The second-order valence-electron chi connectivity index (χ2n) is 1.75. The SMILES string of the molecule is N#Cc1ccc([SeH]=[Se])cc1. The van der Waals surface area contributed by atoms with E-state index in [9.17, 15) is 0 Å². The third kappa shape index (κ3) is 1.87. The van der Waals surface area contributed by atoms with Gasteiger partial charge < -0.3 is 0 Å². The van der Waals surface area contributed by atoms with E-state index in [1.807, 2.05) is 24.3 Å². The summed E-state index contributed by atoms with van der Waals surface area (Å²) in [7, 11) is 0. The Morgan fingerprint density at radius 3 is 2.30 bits per heavy atom. The number of hydrogen-bond donors (Lipinski definition) is 0. The van der Waals surface area contributed by atoms with Crippen molar-refractivity contribution < 1.29 is 0 Å². The fraction of sp³-hybridized carbons (Fsp3) is 0. The Kier molecular flexibility index (Phi) is 2.99. The first kappa shape index (κ1) is 7.85. The van der Waals surface area contributed by atoms with Crippen molar-refractivity contribution in [1.82, 2.24) is 0 Å². The van der Waals surface area contributed by atoms with E-state index in [2.05, 4.69) is 19.7 Å². The molecule has 1 nitrogen and oxygen atoms in total. The maximum atomic E-state index is 8.45. The van der Waals surface area contributed by atoms with Crippen LogP contribution in [0.3, 0.4) is 0 Å². The summed E-state index contributed by atoms with van der Waals surface area (Å²) < 4.78 is 1.32. The van der Waals surface area contributed by atoms with Crippen molar-refractivity contribution in [2.24, 2.45) is 0 Å². The van der Waals surface area contributed by atoms with E-state index < -0.39 is 0 Å². The first-order chi connectivity index (χ1) is 4.86. The van der Waals surface area contributed by atoms with Gasteiger partial charge in [0, 0.05) is 0 Å². The molecule has 1 rings (SSSR count). The van der Waals surface area contributed by atoms with Gasteiger partial charge in [-0.3, -0.25) is 0 Å². The molecule has 0 saturated carbocycles. The van der Waals surface area contributed by atoms with Crippen molar-refractivity contribution >= 4 is 30.7 Å². The van der Waals surface area contributed by atoms with Gasteiger partial charge in [0.1, 0.15) is 0 Å². The van der Waals surface area contributed by atoms with Crippen molar-refractivity contribution in [2.75, 3.05) is 0 Å². The molecule has 0 unspecified atom stereocenters. The molecular formula is C7H5NSe2. The van der Waals surface area contributed by atoms with Gasteiger partial charge in [-0.1, -0.05) is 0 Å². The van der Waals surface area contributed by atoms with Crippen molar-refractivity contribution in [2.45, 2.75) is 0 Å². The minimum atomic E-state index is 0.183. The molecule has 0 radical (unpaired) electrons. The molecule has 3 heteroatoms. The van der Waals surface area contributed by atoms with Gasteiger partial charge in [0.15, 0.2) is 0 Å². The van der Waals surface area contributed by atoms with Crippen LogP contribution in [-0.4, -0.2) is 26.3 Å². The molecule has 0 spiro atoms. The molecule has 0 aliphatic heterocycles. The van der Waals surface area contributed by atoms with Crippen molar-refractivity contribution in [3.8, 4) is 6.07 Å². The number of nitrogens with zero attached hydrogens (tertiary/aromatic N) is 1. The van der Waals surface area contributed by atoms with E-state index in [0.717, 1.165) is 5.56 Å². The molecule has 0 N–H and O–H groups in total. The first-order valence-electron chi connectivity index (χ1n) is 2.70. The quantitative estimate of drug-likeness (QED) is 0.637. The second kappa shape index (κ2) is 3.81. The molecule has 0 bridgehead atoms. The minimum absolute atomic E-state index is 0.183.